The van der Waals surface area contributed by atoms with Gasteiger partial charge in [-0.05, 0) is 37.1 Å². The fraction of sp³-hybridized carbons (Fsp3) is 0.455. The first-order valence-corrected chi connectivity index (χ1v) is 10.5. The van der Waals surface area contributed by atoms with Crippen LogP contribution in [0.4, 0.5) is 0 Å². The lowest BCUT2D eigenvalue weighted by Gasteiger charge is -2.37. The highest BCUT2D eigenvalue weighted by molar-refractivity contribution is 6.32. The molecule has 2 aromatic rings. The van der Waals surface area contributed by atoms with Crippen LogP contribution in [0.3, 0.4) is 0 Å². The molecular weight excluding hydrogens is 390 g/mol. The normalized spacial score (nSPS) is 17.2. The van der Waals surface area contributed by atoms with Crippen LogP contribution in [0.5, 0.6) is 11.5 Å². The molecule has 7 heteroatoms. The Labute approximate surface area is 176 Å². The van der Waals surface area contributed by atoms with Crippen molar-refractivity contribution in [2.75, 3.05) is 39.9 Å². The number of ether oxygens (including phenoxy) is 2. The molecule has 0 bridgehead atoms. The van der Waals surface area contributed by atoms with Gasteiger partial charge in [-0.2, -0.15) is 0 Å². The molecule has 1 aromatic carbocycles. The summed E-state index contributed by atoms with van der Waals surface area (Å²) in [5.74, 6) is 1.04. The van der Waals surface area contributed by atoms with Crippen molar-refractivity contribution in [1.29, 1.82) is 0 Å². The van der Waals surface area contributed by atoms with Gasteiger partial charge in [-0.1, -0.05) is 17.7 Å². The summed E-state index contributed by atoms with van der Waals surface area (Å²) < 4.78 is 11.1. The van der Waals surface area contributed by atoms with Gasteiger partial charge in [0, 0.05) is 56.6 Å². The van der Waals surface area contributed by atoms with Crippen LogP contribution in [-0.2, 0) is 6.42 Å². The van der Waals surface area contributed by atoms with Crippen molar-refractivity contribution >= 4 is 17.5 Å². The Bertz CT molecular complexity index is 854. The number of rotatable bonds is 5. The minimum atomic E-state index is -0.0317. The van der Waals surface area contributed by atoms with E-state index in [0.717, 1.165) is 44.6 Å². The van der Waals surface area contributed by atoms with Crippen LogP contribution in [0.25, 0.3) is 0 Å². The van der Waals surface area contributed by atoms with Crippen molar-refractivity contribution in [3.05, 3.63) is 52.8 Å². The first-order valence-electron chi connectivity index (χ1n) is 10.1. The summed E-state index contributed by atoms with van der Waals surface area (Å²) in [5, 5.41) is 0.420. The van der Waals surface area contributed by atoms with Crippen LogP contribution in [0.2, 0.25) is 5.02 Å². The molecule has 1 saturated heterocycles. The molecule has 0 aliphatic carbocycles. The number of amides is 1. The zero-order valence-corrected chi connectivity index (χ0v) is 17.4. The van der Waals surface area contributed by atoms with Crippen molar-refractivity contribution in [1.82, 2.24) is 14.8 Å². The van der Waals surface area contributed by atoms with Crippen LogP contribution in [0, 0.1) is 0 Å². The molecule has 0 saturated carbocycles. The maximum Gasteiger partial charge on any atom is 0.254 e. The quantitative estimate of drug-likeness (QED) is 0.750. The summed E-state index contributed by atoms with van der Waals surface area (Å²) in [6.07, 6.45) is 4.72. The Balaban J connectivity index is 1.33. The molecule has 154 valence electrons. The van der Waals surface area contributed by atoms with Crippen LogP contribution < -0.4 is 9.47 Å². The number of aromatic nitrogens is 1. The van der Waals surface area contributed by atoms with Crippen LogP contribution in [0.15, 0.2) is 36.5 Å². The van der Waals surface area contributed by atoms with E-state index in [9.17, 15) is 4.79 Å². The topological polar surface area (TPSA) is 54.9 Å². The molecule has 0 N–H and O–H groups in total. The summed E-state index contributed by atoms with van der Waals surface area (Å²) in [5.41, 5.74) is 1.66. The first kappa shape index (κ1) is 20.0. The number of carbonyl (C=O) groups is 1. The summed E-state index contributed by atoms with van der Waals surface area (Å²) in [6.45, 7) is 3.90. The zero-order chi connectivity index (χ0) is 20.2. The SMILES string of the molecule is CN(C(=O)c1cc(Cl)c2c(c1)OCCO2)C1CCN(CCc2ccccn2)CC1. The molecule has 2 aliphatic heterocycles. The van der Waals surface area contributed by atoms with Crippen LogP contribution >= 0.6 is 11.6 Å². The van der Waals surface area contributed by atoms with Crippen molar-refractivity contribution in [2.24, 2.45) is 0 Å². The van der Waals surface area contributed by atoms with E-state index in [1.54, 1.807) is 12.1 Å². The van der Waals surface area contributed by atoms with E-state index >= 15 is 0 Å². The van der Waals surface area contributed by atoms with E-state index in [-0.39, 0.29) is 11.9 Å². The molecule has 0 spiro atoms. The molecule has 0 unspecified atom stereocenters. The van der Waals surface area contributed by atoms with E-state index in [1.165, 1.54) is 0 Å². The molecule has 1 amide bonds. The summed E-state index contributed by atoms with van der Waals surface area (Å²) in [4.78, 5) is 21.7. The molecule has 0 radical (unpaired) electrons. The second kappa shape index (κ2) is 9.01. The predicted molar refractivity (Wildman–Crippen MR) is 112 cm³/mol. The lowest BCUT2D eigenvalue weighted by atomic mass is 10.0. The van der Waals surface area contributed by atoms with E-state index in [4.69, 9.17) is 21.1 Å². The number of pyridine rings is 1. The first-order chi connectivity index (χ1) is 14.1. The third kappa shape index (κ3) is 4.65. The number of halogens is 1. The van der Waals surface area contributed by atoms with Gasteiger partial charge in [0.05, 0.1) is 5.02 Å². The standard InChI is InChI=1S/C22H26ClN3O3/c1-25(22(27)16-14-19(23)21-20(15-16)28-12-13-29-21)18-6-10-26(11-7-18)9-5-17-4-2-3-8-24-17/h2-4,8,14-15,18H,5-7,9-13H2,1H3. The second-order valence-electron chi connectivity index (χ2n) is 7.54. The van der Waals surface area contributed by atoms with Gasteiger partial charge in [-0.3, -0.25) is 9.78 Å². The number of fused-ring (bicyclic) bond motifs is 1. The Morgan fingerprint density at radius 2 is 2.03 bits per heavy atom. The van der Waals surface area contributed by atoms with E-state index < -0.39 is 0 Å². The lowest BCUT2D eigenvalue weighted by Crippen LogP contribution is -2.46. The Kier molecular flexibility index (Phi) is 6.21. The van der Waals surface area contributed by atoms with E-state index in [2.05, 4.69) is 16.0 Å². The fourth-order valence-electron chi connectivity index (χ4n) is 3.95. The maximum absolute atomic E-state index is 13.0. The van der Waals surface area contributed by atoms with Gasteiger partial charge in [-0.15, -0.1) is 0 Å². The smallest absolute Gasteiger partial charge is 0.254 e. The number of nitrogens with zero attached hydrogens (tertiary/aromatic N) is 3. The lowest BCUT2D eigenvalue weighted by molar-refractivity contribution is 0.0642. The van der Waals surface area contributed by atoms with Gasteiger partial charge in [0.2, 0.25) is 0 Å². The molecule has 1 fully saturated rings. The van der Waals surface area contributed by atoms with Gasteiger partial charge in [0.15, 0.2) is 11.5 Å². The van der Waals surface area contributed by atoms with E-state index in [0.29, 0.717) is 35.3 Å². The van der Waals surface area contributed by atoms with Crippen molar-refractivity contribution < 1.29 is 14.3 Å². The highest BCUT2D eigenvalue weighted by Crippen LogP contribution is 2.38. The fourth-order valence-corrected chi connectivity index (χ4v) is 4.22. The molecular formula is C22H26ClN3O3. The van der Waals surface area contributed by atoms with Gasteiger partial charge in [0.1, 0.15) is 13.2 Å². The van der Waals surface area contributed by atoms with Crippen molar-refractivity contribution in [3.8, 4) is 11.5 Å². The number of carbonyl (C=O) groups excluding carboxylic acids is 1. The van der Waals surface area contributed by atoms with Gasteiger partial charge >= 0.3 is 0 Å². The van der Waals surface area contributed by atoms with Crippen LogP contribution in [0.1, 0.15) is 28.9 Å². The van der Waals surface area contributed by atoms with Gasteiger partial charge in [0.25, 0.3) is 5.91 Å². The summed E-state index contributed by atoms with van der Waals surface area (Å²) in [6, 6.07) is 9.67. The van der Waals surface area contributed by atoms with Crippen molar-refractivity contribution in [2.45, 2.75) is 25.3 Å². The molecule has 2 aliphatic rings. The third-order valence-electron chi connectivity index (χ3n) is 5.68. The molecule has 29 heavy (non-hydrogen) atoms. The summed E-state index contributed by atoms with van der Waals surface area (Å²) >= 11 is 6.30. The minimum absolute atomic E-state index is 0.0317. The molecule has 6 nitrogen and oxygen atoms in total. The number of benzene rings is 1. The van der Waals surface area contributed by atoms with Crippen LogP contribution in [-0.4, -0.2) is 66.6 Å². The zero-order valence-electron chi connectivity index (χ0n) is 16.6. The highest BCUT2D eigenvalue weighted by atomic mass is 35.5. The Morgan fingerprint density at radius 3 is 2.79 bits per heavy atom. The highest BCUT2D eigenvalue weighted by Gasteiger charge is 2.27. The molecule has 0 atom stereocenters. The summed E-state index contributed by atoms with van der Waals surface area (Å²) in [7, 11) is 1.88. The average molecular weight is 416 g/mol. The molecule has 4 rings (SSSR count). The number of hydrogen-bond acceptors (Lipinski definition) is 5. The van der Waals surface area contributed by atoms with Gasteiger partial charge < -0.3 is 19.3 Å². The number of likely N-dealkylation sites (tertiary alicyclic amines) is 1. The monoisotopic (exact) mass is 415 g/mol. The largest absolute Gasteiger partial charge is 0.486 e. The molecule has 1 aromatic heterocycles. The average Bonchev–Trinajstić information content (AvgIpc) is 2.78. The number of hydrogen-bond donors (Lipinski definition) is 0. The minimum Gasteiger partial charge on any atom is -0.486 e. The molecule has 3 heterocycles. The Hall–Kier alpha value is -2.31. The predicted octanol–water partition coefficient (Wildman–Crippen LogP) is 3.29. The third-order valence-corrected chi connectivity index (χ3v) is 5.96. The maximum atomic E-state index is 13.0. The Morgan fingerprint density at radius 1 is 1.24 bits per heavy atom. The van der Waals surface area contributed by atoms with Crippen molar-refractivity contribution in [3.63, 3.8) is 0 Å². The van der Waals surface area contributed by atoms with E-state index in [1.807, 2.05) is 30.3 Å². The van der Waals surface area contributed by atoms with Gasteiger partial charge in [-0.25, -0.2) is 0 Å². The second-order valence-corrected chi connectivity index (χ2v) is 7.95. The number of piperidine rings is 1.